The minimum atomic E-state index is -4.02. The first-order chi connectivity index (χ1) is 20.0. The third-order valence-corrected chi connectivity index (χ3v) is 6.99. The topological polar surface area (TPSA) is 170 Å². The number of hydrogen-bond donors (Lipinski definition) is 4. The van der Waals surface area contributed by atoms with E-state index < -0.39 is 56.5 Å². The zero-order valence-electron chi connectivity index (χ0n) is 24.0. The highest BCUT2D eigenvalue weighted by atomic mass is 31.2. The van der Waals surface area contributed by atoms with E-state index in [9.17, 15) is 23.7 Å². The Morgan fingerprint density at radius 1 is 0.857 bits per heavy atom. The van der Waals surface area contributed by atoms with Crippen LogP contribution in [0.2, 0.25) is 0 Å². The number of ether oxygens (including phenoxy) is 3. The first kappa shape index (κ1) is 36.1. The second-order valence-electron chi connectivity index (χ2n) is 9.21. The molecule has 0 aromatic heterocycles. The van der Waals surface area contributed by atoms with Crippen molar-refractivity contribution in [3.05, 3.63) is 73.9 Å². The van der Waals surface area contributed by atoms with E-state index in [-0.39, 0.29) is 38.8 Å². The number of hydrogen-bond acceptors (Lipinski definition) is 9. The number of nitrogens with one attached hydrogen (secondary N) is 4. The molecular weight excluding hydrogens is 567 g/mol. The largest absolute Gasteiger partial charge is 0.460 e. The van der Waals surface area contributed by atoms with Crippen molar-refractivity contribution >= 4 is 31.6 Å². The van der Waals surface area contributed by atoms with Gasteiger partial charge in [0.25, 0.3) is 7.52 Å². The lowest BCUT2D eigenvalue weighted by Crippen LogP contribution is -2.54. The maximum Gasteiger partial charge on any atom is 0.407 e. The molecule has 3 atom stereocenters. The minimum absolute atomic E-state index is 0.00174. The van der Waals surface area contributed by atoms with E-state index in [4.69, 9.17) is 18.7 Å². The normalized spacial score (nSPS) is 13.4. The highest BCUT2D eigenvalue weighted by Gasteiger charge is 2.34. The molecule has 0 radical (unpaired) electrons. The fourth-order valence-corrected chi connectivity index (χ4v) is 4.87. The molecule has 1 aromatic carbocycles. The predicted octanol–water partition coefficient (Wildman–Crippen LogP) is 3.40. The molecule has 0 aliphatic heterocycles. The van der Waals surface area contributed by atoms with Gasteiger partial charge in [-0.1, -0.05) is 75.6 Å². The Bertz CT molecular complexity index is 1100. The van der Waals surface area contributed by atoms with Crippen LogP contribution in [0.4, 0.5) is 9.59 Å². The van der Waals surface area contributed by atoms with Crippen LogP contribution in [0.3, 0.4) is 0 Å². The lowest BCUT2D eigenvalue weighted by atomic mass is 10.0. The molecule has 42 heavy (non-hydrogen) atoms. The second kappa shape index (κ2) is 20.0. The van der Waals surface area contributed by atoms with Gasteiger partial charge in [-0.25, -0.2) is 19.5 Å². The van der Waals surface area contributed by atoms with Crippen LogP contribution >= 0.6 is 7.52 Å². The lowest BCUT2D eigenvalue weighted by Gasteiger charge is -2.27. The molecule has 0 aliphatic carbocycles. The molecule has 1 unspecified atom stereocenters. The van der Waals surface area contributed by atoms with E-state index >= 15 is 0 Å². The monoisotopic (exact) mass is 608 g/mol. The molecule has 232 valence electrons. The quantitative estimate of drug-likeness (QED) is 0.0745. The number of rotatable bonds is 20. The van der Waals surface area contributed by atoms with E-state index in [2.05, 4.69) is 40.8 Å². The summed E-state index contributed by atoms with van der Waals surface area (Å²) in [6.07, 6.45) is 1.99. The van der Waals surface area contributed by atoms with Crippen molar-refractivity contribution in [1.82, 2.24) is 21.0 Å². The van der Waals surface area contributed by atoms with E-state index in [0.717, 1.165) is 5.56 Å². The van der Waals surface area contributed by atoms with E-state index in [1.54, 1.807) is 24.3 Å². The van der Waals surface area contributed by atoms with E-state index in [1.807, 2.05) is 19.9 Å². The van der Waals surface area contributed by atoms with Crippen LogP contribution in [0, 0.1) is 5.92 Å². The maximum absolute atomic E-state index is 13.7. The summed E-state index contributed by atoms with van der Waals surface area (Å²) in [7, 11) is -4.02. The molecule has 13 nitrogen and oxygen atoms in total. The molecule has 0 aliphatic rings. The van der Waals surface area contributed by atoms with Crippen LogP contribution in [0.1, 0.15) is 25.8 Å². The van der Waals surface area contributed by atoms with Gasteiger partial charge in [-0.2, -0.15) is 0 Å². The van der Waals surface area contributed by atoms with E-state index in [0.29, 0.717) is 0 Å². The van der Waals surface area contributed by atoms with Gasteiger partial charge in [0, 0.05) is 6.54 Å². The van der Waals surface area contributed by atoms with Gasteiger partial charge >= 0.3 is 18.2 Å². The summed E-state index contributed by atoms with van der Waals surface area (Å²) >= 11 is 0. The summed E-state index contributed by atoms with van der Waals surface area (Å²) in [5.74, 6) is -1.49. The van der Waals surface area contributed by atoms with Crippen LogP contribution < -0.4 is 21.0 Å². The Morgan fingerprint density at radius 3 is 2.10 bits per heavy atom. The molecule has 0 heterocycles. The van der Waals surface area contributed by atoms with Crippen molar-refractivity contribution in [2.45, 2.75) is 39.0 Å². The van der Waals surface area contributed by atoms with Gasteiger partial charge in [0.05, 0.1) is 6.61 Å². The molecule has 0 saturated carbocycles. The second-order valence-corrected chi connectivity index (χ2v) is 11.4. The standard InChI is InChI=1S/C28H41N4O9P/c1-6-14-38-26(34)23(17-21(4)5)31-25(33)24(18-29-27(35)39-15-7-2)32-42(37,41-16-8-3)20-30-28(36)40-19-22-12-10-9-11-13-22/h6-13,21,23-24H,1-3,14-20H2,4-5H3,(H,29,35)(H,30,36)(H,31,33)(H,32,37)/t23-,24-,42?/m0/s1. The Labute approximate surface area is 246 Å². The zero-order chi connectivity index (χ0) is 31.4. The first-order valence-electron chi connectivity index (χ1n) is 13.2. The number of alkyl carbamates (subject to hydrolysis) is 2. The number of carbonyl (C=O) groups excluding carboxylic acids is 4. The van der Waals surface area contributed by atoms with Gasteiger partial charge in [0.1, 0.15) is 38.2 Å². The summed E-state index contributed by atoms with van der Waals surface area (Å²) < 4.78 is 34.3. The van der Waals surface area contributed by atoms with Crippen LogP contribution in [0.15, 0.2) is 68.3 Å². The molecular formula is C28H41N4O9P. The average Bonchev–Trinajstić information content (AvgIpc) is 2.97. The van der Waals surface area contributed by atoms with Crippen molar-refractivity contribution in [2.24, 2.45) is 5.92 Å². The van der Waals surface area contributed by atoms with E-state index in [1.165, 1.54) is 18.2 Å². The minimum Gasteiger partial charge on any atom is -0.460 e. The van der Waals surface area contributed by atoms with Crippen molar-refractivity contribution < 1.29 is 42.5 Å². The summed E-state index contributed by atoms with van der Waals surface area (Å²) in [5, 5.41) is 9.92. The molecule has 0 spiro atoms. The molecule has 3 amide bonds. The SMILES string of the molecule is C=CCOC(=O)NC[C@H](NP(=O)(CNC(=O)OCc1ccccc1)OCC=C)C(=O)N[C@@H](CC(C)C)C(=O)OCC=C. The molecule has 14 heteroatoms. The average molecular weight is 609 g/mol. The summed E-state index contributed by atoms with van der Waals surface area (Å²) in [5.41, 5.74) is 0.741. The van der Waals surface area contributed by atoms with Crippen molar-refractivity contribution in [3.63, 3.8) is 0 Å². The molecule has 0 saturated heterocycles. The number of carbonyl (C=O) groups is 4. The molecule has 0 fully saturated rings. The van der Waals surface area contributed by atoms with Crippen molar-refractivity contribution in [2.75, 3.05) is 32.7 Å². The summed E-state index contributed by atoms with van der Waals surface area (Å²) in [6, 6.07) is 6.48. The Kier molecular flexibility index (Phi) is 17.2. The summed E-state index contributed by atoms with van der Waals surface area (Å²) in [4.78, 5) is 50.3. The Hall–Kier alpha value is -3.93. The maximum atomic E-state index is 13.7. The van der Waals surface area contributed by atoms with Gasteiger partial charge in [0.2, 0.25) is 5.91 Å². The van der Waals surface area contributed by atoms with Gasteiger partial charge < -0.3 is 34.7 Å². The molecule has 0 bridgehead atoms. The number of amides is 3. The van der Waals surface area contributed by atoms with Crippen molar-refractivity contribution in [3.8, 4) is 0 Å². The van der Waals surface area contributed by atoms with Crippen molar-refractivity contribution in [1.29, 1.82) is 0 Å². The first-order valence-corrected chi connectivity index (χ1v) is 15.0. The third-order valence-electron chi connectivity index (χ3n) is 5.15. The molecule has 1 aromatic rings. The van der Waals surface area contributed by atoms with Crippen LogP contribution in [0.5, 0.6) is 0 Å². The number of esters is 1. The predicted molar refractivity (Wildman–Crippen MR) is 157 cm³/mol. The van der Waals surface area contributed by atoms with Crippen LogP contribution in [0.25, 0.3) is 0 Å². The fraction of sp³-hybridized carbons (Fsp3) is 0.429. The molecule has 1 rings (SSSR count). The fourth-order valence-electron chi connectivity index (χ4n) is 3.25. The van der Waals surface area contributed by atoms with Gasteiger partial charge in [-0.15, -0.1) is 6.58 Å². The third kappa shape index (κ3) is 15.2. The van der Waals surface area contributed by atoms with Gasteiger partial charge in [-0.3, -0.25) is 9.36 Å². The lowest BCUT2D eigenvalue weighted by molar-refractivity contribution is -0.147. The Morgan fingerprint density at radius 2 is 1.48 bits per heavy atom. The Balaban J connectivity index is 3.08. The smallest absolute Gasteiger partial charge is 0.407 e. The van der Waals surface area contributed by atoms with Crippen LogP contribution in [-0.2, 0) is 39.5 Å². The zero-order valence-corrected chi connectivity index (χ0v) is 24.9. The molecule has 4 N–H and O–H groups in total. The van der Waals surface area contributed by atoms with Gasteiger partial charge in [0.15, 0.2) is 0 Å². The van der Waals surface area contributed by atoms with Crippen LogP contribution in [-0.4, -0.2) is 68.8 Å². The highest BCUT2D eigenvalue weighted by molar-refractivity contribution is 7.56. The van der Waals surface area contributed by atoms with Gasteiger partial charge in [-0.05, 0) is 17.9 Å². The highest BCUT2D eigenvalue weighted by Crippen LogP contribution is 2.41. The summed E-state index contributed by atoms with van der Waals surface area (Å²) in [6.45, 7) is 13.4. The number of benzene rings is 1.